The average molecular weight is 248 g/mol. The number of carbonyl (C=O) groups is 1. The van der Waals surface area contributed by atoms with Crippen molar-refractivity contribution >= 4 is 28.1 Å². The van der Waals surface area contributed by atoms with Crippen molar-refractivity contribution in [3.05, 3.63) is 46.5 Å². The molecule has 0 bridgehead atoms. The third-order valence-electron chi connectivity index (χ3n) is 2.11. The molecule has 6 heteroatoms. The van der Waals surface area contributed by atoms with Crippen molar-refractivity contribution in [3.63, 3.8) is 0 Å². The molecule has 0 amide bonds. The van der Waals surface area contributed by atoms with E-state index in [2.05, 4.69) is 0 Å². The van der Waals surface area contributed by atoms with Crippen molar-refractivity contribution in [3.8, 4) is 0 Å². The van der Waals surface area contributed by atoms with Crippen LogP contribution in [0.25, 0.3) is 10.8 Å². The fourth-order valence-corrected chi connectivity index (χ4v) is 1.48. The molecule has 0 radical (unpaired) electrons. The predicted octanol–water partition coefficient (Wildman–Crippen LogP) is 2.42. The Morgan fingerprint density at radius 2 is 1.83 bits per heavy atom. The maximum atomic E-state index is 10.8. The lowest BCUT2D eigenvalue weighted by Gasteiger charge is -2.01. The number of benzene rings is 2. The molecule has 0 saturated carbocycles. The zero-order valence-corrected chi connectivity index (χ0v) is 9.66. The minimum absolute atomic E-state index is 0.0110. The van der Waals surface area contributed by atoms with E-state index >= 15 is 0 Å². The second kappa shape index (κ2) is 5.62. The summed E-state index contributed by atoms with van der Waals surface area (Å²) in [6.07, 6.45) is 0. The van der Waals surface area contributed by atoms with E-state index in [0.29, 0.717) is 5.39 Å². The molecule has 0 aromatic heterocycles. The highest BCUT2D eigenvalue weighted by atomic mass is 16.6. The molecule has 0 unspecified atom stereocenters. The lowest BCUT2D eigenvalue weighted by molar-refractivity contribution is -0.382. The van der Waals surface area contributed by atoms with Gasteiger partial charge in [0.1, 0.15) is 5.69 Å². The van der Waals surface area contributed by atoms with Crippen LogP contribution in [0.2, 0.25) is 0 Å². The molecule has 6 nitrogen and oxygen atoms in total. The van der Waals surface area contributed by atoms with Gasteiger partial charge < -0.3 is 10.8 Å². The van der Waals surface area contributed by atoms with E-state index in [0.717, 1.165) is 12.3 Å². The molecular formula is C12H12N2O4. The van der Waals surface area contributed by atoms with Crippen LogP contribution in [-0.2, 0) is 4.79 Å². The first kappa shape index (κ1) is 13.4. The summed E-state index contributed by atoms with van der Waals surface area (Å²) in [6, 6.07) is 10.4. The van der Waals surface area contributed by atoms with Gasteiger partial charge in [0, 0.05) is 6.92 Å². The highest BCUT2D eigenvalue weighted by Gasteiger charge is 2.15. The Kier molecular flexibility index (Phi) is 4.20. The molecule has 0 aliphatic rings. The molecule has 2 aromatic carbocycles. The Hall–Kier alpha value is -2.63. The third-order valence-corrected chi connectivity index (χ3v) is 2.11. The number of nitrogens with two attached hydrogens (primary N) is 1. The van der Waals surface area contributed by atoms with Gasteiger partial charge in [-0.2, -0.15) is 0 Å². The van der Waals surface area contributed by atoms with E-state index in [-0.39, 0.29) is 11.4 Å². The van der Waals surface area contributed by atoms with Gasteiger partial charge in [-0.15, -0.1) is 0 Å². The first-order valence-electron chi connectivity index (χ1n) is 5.04. The van der Waals surface area contributed by atoms with E-state index in [9.17, 15) is 10.1 Å². The molecule has 3 N–H and O–H groups in total. The minimum Gasteiger partial charge on any atom is -0.481 e. The van der Waals surface area contributed by atoms with Crippen LogP contribution in [-0.4, -0.2) is 16.0 Å². The molecule has 0 fully saturated rings. The molecular weight excluding hydrogens is 236 g/mol. The van der Waals surface area contributed by atoms with E-state index < -0.39 is 10.9 Å². The molecule has 0 aliphatic carbocycles. The van der Waals surface area contributed by atoms with Crippen LogP contribution in [0.4, 0.5) is 11.4 Å². The lowest BCUT2D eigenvalue weighted by Crippen LogP contribution is -1.96. The van der Waals surface area contributed by atoms with Crippen molar-refractivity contribution in [1.29, 1.82) is 0 Å². The van der Waals surface area contributed by atoms with Gasteiger partial charge in [0.2, 0.25) is 0 Å². The molecule has 0 atom stereocenters. The number of nitrogen functional groups attached to an aromatic ring is 1. The van der Waals surface area contributed by atoms with Crippen LogP contribution in [0.15, 0.2) is 36.4 Å². The van der Waals surface area contributed by atoms with Gasteiger partial charge >= 0.3 is 0 Å². The second-order valence-electron chi connectivity index (χ2n) is 3.50. The Balaban J connectivity index is 0.000000357. The number of fused-ring (bicyclic) bond motifs is 1. The number of rotatable bonds is 1. The van der Waals surface area contributed by atoms with Gasteiger partial charge in [0.15, 0.2) is 0 Å². The first-order chi connectivity index (χ1) is 8.43. The quantitative estimate of drug-likeness (QED) is 0.458. The van der Waals surface area contributed by atoms with E-state index in [1.807, 2.05) is 12.1 Å². The van der Waals surface area contributed by atoms with Gasteiger partial charge in [-0.05, 0) is 17.5 Å². The van der Waals surface area contributed by atoms with Crippen LogP contribution < -0.4 is 5.73 Å². The summed E-state index contributed by atoms with van der Waals surface area (Å²) in [6.45, 7) is 1.08. The van der Waals surface area contributed by atoms with Gasteiger partial charge in [0.25, 0.3) is 11.7 Å². The number of carboxylic acids is 1. The van der Waals surface area contributed by atoms with Gasteiger partial charge in [0.05, 0.1) is 10.3 Å². The summed E-state index contributed by atoms with van der Waals surface area (Å²) in [5.41, 5.74) is 5.74. The fraction of sp³-hybridized carbons (Fsp3) is 0.0833. The van der Waals surface area contributed by atoms with Gasteiger partial charge in [-0.25, -0.2) is 0 Å². The molecule has 2 rings (SSSR count). The standard InChI is InChI=1S/C10H8N2O2.C2H4O2/c11-9-6-5-7-3-1-2-4-8(7)10(9)12(13)14;1-2(3)4/h1-6H,11H2;1H3,(H,3,4). The Labute approximate surface area is 103 Å². The number of nitrogens with zero attached hydrogens (tertiary/aromatic N) is 1. The molecule has 94 valence electrons. The maximum Gasteiger partial charge on any atom is 0.300 e. The van der Waals surface area contributed by atoms with Crippen LogP contribution in [0, 0.1) is 10.1 Å². The summed E-state index contributed by atoms with van der Waals surface area (Å²) in [7, 11) is 0. The van der Waals surface area contributed by atoms with Crippen molar-refractivity contribution in [2.45, 2.75) is 6.92 Å². The molecule has 0 heterocycles. The summed E-state index contributed by atoms with van der Waals surface area (Å²) < 4.78 is 0. The van der Waals surface area contributed by atoms with E-state index in [1.165, 1.54) is 0 Å². The SMILES string of the molecule is CC(=O)O.Nc1ccc2ccccc2c1[N+](=O)[O-]. The van der Waals surface area contributed by atoms with Crippen LogP contribution in [0.5, 0.6) is 0 Å². The van der Waals surface area contributed by atoms with Gasteiger partial charge in [-0.3, -0.25) is 14.9 Å². The monoisotopic (exact) mass is 248 g/mol. The first-order valence-corrected chi connectivity index (χ1v) is 5.04. The minimum atomic E-state index is -0.833. The van der Waals surface area contributed by atoms with Crippen molar-refractivity contribution in [1.82, 2.24) is 0 Å². The number of aliphatic carboxylic acids is 1. The molecule has 0 spiro atoms. The fourth-order valence-electron chi connectivity index (χ4n) is 1.48. The number of hydrogen-bond acceptors (Lipinski definition) is 4. The van der Waals surface area contributed by atoms with E-state index in [1.54, 1.807) is 24.3 Å². The van der Waals surface area contributed by atoms with E-state index in [4.69, 9.17) is 15.6 Å². The Morgan fingerprint density at radius 3 is 2.39 bits per heavy atom. The largest absolute Gasteiger partial charge is 0.481 e. The number of nitro groups is 1. The maximum absolute atomic E-state index is 10.8. The zero-order valence-electron chi connectivity index (χ0n) is 9.66. The summed E-state index contributed by atoms with van der Waals surface area (Å²) in [5.74, 6) is -0.833. The highest BCUT2D eigenvalue weighted by molar-refractivity contribution is 5.95. The third kappa shape index (κ3) is 3.18. The van der Waals surface area contributed by atoms with Crippen molar-refractivity contribution < 1.29 is 14.8 Å². The summed E-state index contributed by atoms with van der Waals surface area (Å²) >= 11 is 0. The van der Waals surface area contributed by atoms with Crippen molar-refractivity contribution in [2.75, 3.05) is 5.73 Å². The smallest absolute Gasteiger partial charge is 0.300 e. The summed E-state index contributed by atoms with van der Waals surface area (Å²) in [5, 5.41) is 19.6. The number of nitro benzene ring substituents is 1. The topological polar surface area (TPSA) is 106 Å². The lowest BCUT2D eigenvalue weighted by atomic mass is 10.1. The average Bonchev–Trinajstić information content (AvgIpc) is 2.27. The van der Waals surface area contributed by atoms with Crippen LogP contribution >= 0.6 is 0 Å². The second-order valence-corrected chi connectivity index (χ2v) is 3.50. The molecule has 0 aliphatic heterocycles. The zero-order chi connectivity index (χ0) is 13.7. The Bertz CT molecular complexity index is 592. The van der Waals surface area contributed by atoms with Crippen LogP contribution in [0.3, 0.4) is 0 Å². The van der Waals surface area contributed by atoms with Crippen LogP contribution in [0.1, 0.15) is 6.92 Å². The normalized spacial score (nSPS) is 9.39. The highest BCUT2D eigenvalue weighted by Crippen LogP contribution is 2.30. The number of anilines is 1. The molecule has 0 saturated heterocycles. The van der Waals surface area contributed by atoms with Gasteiger partial charge in [-0.1, -0.05) is 24.3 Å². The number of carboxylic acid groups (broad SMARTS) is 1. The number of hydrogen-bond donors (Lipinski definition) is 2. The molecule has 2 aromatic rings. The van der Waals surface area contributed by atoms with Crippen molar-refractivity contribution in [2.24, 2.45) is 0 Å². The summed E-state index contributed by atoms with van der Waals surface area (Å²) in [4.78, 5) is 19.3. The predicted molar refractivity (Wildman–Crippen MR) is 68.3 cm³/mol. The molecule has 18 heavy (non-hydrogen) atoms. The Morgan fingerprint density at radius 1 is 1.28 bits per heavy atom.